The second kappa shape index (κ2) is 3.19. The monoisotopic (exact) mass is 202 g/mol. The number of aromatic nitrogens is 2. The Morgan fingerprint density at radius 1 is 1.13 bits per heavy atom. The van der Waals surface area contributed by atoms with E-state index in [0.29, 0.717) is 0 Å². The summed E-state index contributed by atoms with van der Waals surface area (Å²) in [5.74, 6) is -0.0361. The highest BCUT2D eigenvalue weighted by Crippen LogP contribution is 2.24. The molecular weight excluding hydrogens is 188 g/mol. The molecule has 2 rings (SSSR count). The number of aromatic hydroxyl groups is 1. The Bertz CT molecular complexity index is 500. The number of rotatable bonds is 0. The molecule has 1 aromatic heterocycles. The Kier molecular flexibility index (Phi) is 2.11. The maximum absolute atomic E-state index is 9.19. The third kappa shape index (κ3) is 1.91. The second-order valence-corrected chi connectivity index (χ2v) is 4.68. The standard InChI is InChI=1S/C12H14N2O/c1-12(2,3)8-4-5-9-10(6-8)13-7-11(15)14-9/h4-7H,1-3H3,(H,14,15). The Balaban J connectivity index is 2.62. The smallest absolute Gasteiger partial charge is 0.230 e. The lowest BCUT2D eigenvalue weighted by atomic mass is 9.87. The van der Waals surface area contributed by atoms with E-state index in [1.165, 1.54) is 11.8 Å². The molecule has 0 saturated heterocycles. The van der Waals surface area contributed by atoms with Crippen LogP contribution in [0.3, 0.4) is 0 Å². The van der Waals surface area contributed by atoms with Gasteiger partial charge >= 0.3 is 0 Å². The van der Waals surface area contributed by atoms with Crippen molar-refractivity contribution in [1.82, 2.24) is 9.97 Å². The second-order valence-electron chi connectivity index (χ2n) is 4.68. The minimum absolute atomic E-state index is 0.0361. The van der Waals surface area contributed by atoms with E-state index in [1.807, 2.05) is 18.2 Å². The fraction of sp³-hybridized carbons (Fsp3) is 0.333. The van der Waals surface area contributed by atoms with Crippen molar-refractivity contribution in [2.75, 3.05) is 0 Å². The van der Waals surface area contributed by atoms with Gasteiger partial charge in [-0.05, 0) is 23.1 Å². The van der Waals surface area contributed by atoms with Crippen molar-refractivity contribution in [3.05, 3.63) is 30.0 Å². The first-order valence-corrected chi connectivity index (χ1v) is 4.93. The average Bonchev–Trinajstić information content (AvgIpc) is 2.15. The molecule has 0 saturated carbocycles. The Morgan fingerprint density at radius 3 is 2.53 bits per heavy atom. The van der Waals surface area contributed by atoms with Gasteiger partial charge in [0.15, 0.2) is 0 Å². The maximum Gasteiger partial charge on any atom is 0.230 e. The van der Waals surface area contributed by atoms with Gasteiger partial charge in [0.25, 0.3) is 0 Å². The Hall–Kier alpha value is -1.64. The molecule has 0 aliphatic rings. The van der Waals surface area contributed by atoms with Crippen molar-refractivity contribution in [2.45, 2.75) is 26.2 Å². The van der Waals surface area contributed by atoms with Crippen LogP contribution in [0.15, 0.2) is 24.4 Å². The highest BCUT2D eigenvalue weighted by Gasteiger charge is 2.14. The lowest BCUT2D eigenvalue weighted by Gasteiger charge is -2.18. The van der Waals surface area contributed by atoms with Gasteiger partial charge in [0, 0.05) is 0 Å². The normalized spacial score (nSPS) is 11.9. The molecule has 78 valence electrons. The number of fused-ring (bicyclic) bond motifs is 1. The lowest BCUT2D eigenvalue weighted by molar-refractivity contribution is 0.453. The van der Waals surface area contributed by atoms with Gasteiger partial charge in [0.05, 0.1) is 17.2 Å². The molecule has 1 heterocycles. The first kappa shape index (κ1) is 9.90. The van der Waals surface area contributed by atoms with Crippen molar-refractivity contribution < 1.29 is 5.11 Å². The van der Waals surface area contributed by atoms with Gasteiger partial charge in [0.1, 0.15) is 0 Å². The van der Waals surface area contributed by atoms with Crippen molar-refractivity contribution in [3.8, 4) is 5.88 Å². The molecule has 0 radical (unpaired) electrons. The minimum atomic E-state index is -0.0361. The average molecular weight is 202 g/mol. The number of hydrogen-bond acceptors (Lipinski definition) is 3. The van der Waals surface area contributed by atoms with Gasteiger partial charge in [0.2, 0.25) is 5.88 Å². The molecule has 0 aliphatic carbocycles. The summed E-state index contributed by atoms with van der Waals surface area (Å²) < 4.78 is 0. The largest absolute Gasteiger partial charge is 0.492 e. The molecule has 0 spiro atoms. The van der Waals surface area contributed by atoms with E-state index < -0.39 is 0 Å². The molecule has 0 atom stereocenters. The molecule has 2 aromatic rings. The molecule has 0 bridgehead atoms. The van der Waals surface area contributed by atoms with Crippen LogP contribution in [-0.2, 0) is 5.41 Å². The Labute approximate surface area is 88.8 Å². The van der Waals surface area contributed by atoms with E-state index in [1.54, 1.807) is 0 Å². The predicted octanol–water partition coefficient (Wildman–Crippen LogP) is 2.63. The van der Waals surface area contributed by atoms with E-state index in [2.05, 4.69) is 30.7 Å². The van der Waals surface area contributed by atoms with Crippen molar-refractivity contribution in [3.63, 3.8) is 0 Å². The van der Waals surface area contributed by atoms with Crippen molar-refractivity contribution >= 4 is 11.0 Å². The summed E-state index contributed by atoms with van der Waals surface area (Å²) in [6.45, 7) is 6.46. The summed E-state index contributed by atoms with van der Waals surface area (Å²) in [6, 6.07) is 5.93. The summed E-state index contributed by atoms with van der Waals surface area (Å²) >= 11 is 0. The van der Waals surface area contributed by atoms with Gasteiger partial charge in [-0.15, -0.1) is 0 Å². The first-order valence-electron chi connectivity index (χ1n) is 4.93. The zero-order valence-corrected chi connectivity index (χ0v) is 9.15. The SMILES string of the molecule is CC(C)(C)c1ccc2nc(O)cnc2c1. The van der Waals surface area contributed by atoms with Gasteiger partial charge in [-0.1, -0.05) is 26.8 Å². The van der Waals surface area contributed by atoms with Gasteiger partial charge in [-0.3, -0.25) is 0 Å². The van der Waals surface area contributed by atoms with Crippen LogP contribution in [0.1, 0.15) is 26.3 Å². The lowest BCUT2D eigenvalue weighted by Crippen LogP contribution is -2.10. The van der Waals surface area contributed by atoms with E-state index >= 15 is 0 Å². The minimum Gasteiger partial charge on any atom is -0.492 e. The molecule has 0 unspecified atom stereocenters. The van der Waals surface area contributed by atoms with Gasteiger partial charge in [-0.2, -0.15) is 0 Å². The molecule has 0 fully saturated rings. The quantitative estimate of drug-likeness (QED) is 0.714. The summed E-state index contributed by atoms with van der Waals surface area (Å²) in [5, 5.41) is 9.19. The third-order valence-corrected chi connectivity index (χ3v) is 2.40. The zero-order chi connectivity index (χ0) is 11.1. The number of benzene rings is 1. The van der Waals surface area contributed by atoms with Crippen LogP contribution >= 0.6 is 0 Å². The fourth-order valence-electron chi connectivity index (χ4n) is 1.47. The van der Waals surface area contributed by atoms with E-state index in [0.717, 1.165) is 11.0 Å². The van der Waals surface area contributed by atoms with Crippen LogP contribution in [0.2, 0.25) is 0 Å². The Morgan fingerprint density at radius 2 is 1.87 bits per heavy atom. The summed E-state index contributed by atoms with van der Waals surface area (Å²) in [7, 11) is 0. The van der Waals surface area contributed by atoms with Crippen LogP contribution in [0.4, 0.5) is 0 Å². The van der Waals surface area contributed by atoms with E-state index in [9.17, 15) is 5.11 Å². The summed E-state index contributed by atoms with van der Waals surface area (Å²) in [4.78, 5) is 8.13. The molecule has 15 heavy (non-hydrogen) atoms. The number of hydrogen-bond donors (Lipinski definition) is 1. The highest BCUT2D eigenvalue weighted by molar-refractivity contribution is 5.75. The molecule has 0 aliphatic heterocycles. The maximum atomic E-state index is 9.19. The van der Waals surface area contributed by atoms with Crippen molar-refractivity contribution in [1.29, 1.82) is 0 Å². The third-order valence-electron chi connectivity index (χ3n) is 2.40. The molecule has 0 amide bonds. The molecule has 1 aromatic carbocycles. The van der Waals surface area contributed by atoms with Crippen LogP contribution in [0.25, 0.3) is 11.0 Å². The number of nitrogens with zero attached hydrogens (tertiary/aromatic N) is 2. The summed E-state index contributed by atoms with van der Waals surface area (Å²) in [5.41, 5.74) is 2.87. The molecular formula is C12H14N2O. The summed E-state index contributed by atoms with van der Waals surface area (Å²) in [6.07, 6.45) is 1.37. The van der Waals surface area contributed by atoms with Crippen LogP contribution in [0.5, 0.6) is 5.88 Å². The van der Waals surface area contributed by atoms with E-state index in [-0.39, 0.29) is 11.3 Å². The molecule has 3 nitrogen and oxygen atoms in total. The topological polar surface area (TPSA) is 46.0 Å². The van der Waals surface area contributed by atoms with Crippen LogP contribution in [0, 0.1) is 0 Å². The highest BCUT2D eigenvalue weighted by atomic mass is 16.3. The van der Waals surface area contributed by atoms with E-state index in [4.69, 9.17) is 0 Å². The first-order chi connectivity index (χ1) is 6.97. The zero-order valence-electron chi connectivity index (χ0n) is 9.15. The van der Waals surface area contributed by atoms with Crippen LogP contribution < -0.4 is 0 Å². The predicted molar refractivity (Wildman–Crippen MR) is 59.9 cm³/mol. The van der Waals surface area contributed by atoms with Crippen LogP contribution in [-0.4, -0.2) is 15.1 Å². The molecule has 1 N–H and O–H groups in total. The molecule has 3 heteroatoms. The fourth-order valence-corrected chi connectivity index (χ4v) is 1.47. The van der Waals surface area contributed by atoms with Gasteiger partial charge in [-0.25, -0.2) is 9.97 Å². The van der Waals surface area contributed by atoms with Crippen molar-refractivity contribution in [2.24, 2.45) is 0 Å². The van der Waals surface area contributed by atoms with Gasteiger partial charge < -0.3 is 5.11 Å².